The second-order valence-corrected chi connectivity index (χ2v) is 7.23. The van der Waals surface area contributed by atoms with Gasteiger partial charge in [0, 0.05) is 30.8 Å². The Morgan fingerprint density at radius 2 is 2.04 bits per heavy atom. The van der Waals surface area contributed by atoms with Gasteiger partial charge in [-0.05, 0) is 13.0 Å². The summed E-state index contributed by atoms with van der Waals surface area (Å²) in [7, 11) is 1.64. The standard InChI is InChI=1S/C20H31N5O3/c1-6-21-19(25-14-17-23-13-16(28-17)20(2,3)4)24-12-15-8-7-9-22-18(15)27-11-10-26-5/h7-9,13H,6,10-12,14H2,1-5H3,(H2,21,24,25). The Morgan fingerprint density at radius 1 is 1.21 bits per heavy atom. The first-order chi connectivity index (χ1) is 13.4. The maximum atomic E-state index is 5.82. The van der Waals surface area contributed by atoms with Crippen LogP contribution in [0.25, 0.3) is 0 Å². The molecule has 0 aromatic carbocycles. The largest absolute Gasteiger partial charge is 0.475 e. The van der Waals surface area contributed by atoms with E-state index in [1.54, 1.807) is 19.5 Å². The van der Waals surface area contributed by atoms with Crippen molar-refractivity contribution in [2.75, 3.05) is 26.9 Å². The van der Waals surface area contributed by atoms with Crippen LogP contribution in [0.2, 0.25) is 0 Å². The van der Waals surface area contributed by atoms with Gasteiger partial charge in [-0.2, -0.15) is 0 Å². The smallest absolute Gasteiger partial charge is 0.218 e. The lowest BCUT2D eigenvalue weighted by Crippen LogP contribution is -2.36. The number of ether oxygens (including phenoxy) is 2. The van der Waals surface area contributed by atoms with Crippen LogP contribution in [0.15, 0.2) is 33.9 Å². The third-order valence-corrected chi connectivity index (χ3v) is 3.83. The van der Waals surface area contributed by atoms with Gasteiger partial charge in [0.1, 0.15) is 12.4 Å². The van der Waals surface area contributed by atoms with Crippen molar-refractivity contribution < 1.29 is 13.9 Å². The predicted octanol–water partition coefficient (Wildman–Crippen LogP) is 2.65. The Bertz CT molecular complexity index is 752. The lowest BCUT2D eigenvalue weighted by Gasteiger charge is -2.13. The van der Waals surface area contributed by atoms with Crippen LogP contribution in [0.5, 0.6) is 5.88 Å². The second kappa shape index (κ2) is 10.7. The molecular weight excluding hydrogens is 358 g/mol. The van der Waals surface area contributed by atoms with E-state index in [0.717, 1.165) is 17.9 Å². The quantitative estimate of drug-likeness (QED) is 0.387. The van der Waals surface area contributed by atoms with Crippen LogP contribution in [0.1, 0.15) is 44.9 Å². The fraction of sp³-hybridized carbons (Fsp3) is 0.550. The topological polar surface area (TPSA) is 93.8 Å². The number of hydrogen-bond acceptors (Lipinski definition) is 6. The van der Waals surface area contributed by atoms with Crippen molar-refractivity contribution in [1.82, 2.24) is 20.6 Å². The van der Waals surface area contributed by atoms with E-state index < -0.39 is 0 Å². The van der Waals surface area contributed by atoms with Gasteiger partial charge in [0.15, 0.2) is 5.96 Å². The summed E-state index contributed by atoms with van der Waals surface area (Å²) in [6, 6.07) is 3.82. The molecule has 0 saturated carbocycles. The van der Waals surface area contributed by atoms with Crippen LogP contribution >= 0.6 is 0 Å². The number of aliphatic imine (C=N–C) groups is 1. The molecule has 2 aromatic heterocycles. The third-order valence-electron chi connectivity index (χ3n) is 3.83. The van der Waals surface area contributed by atoms with Crippen molar-refractivity contribution in [1.29, 1.82) is 0 Å². The number of guanidine groups is 1. The molecular formula is C20H31N5O3. The first-order valence-corrected chi connectivity index (χ1v) is 9.47. The van der Waals surface area contributed by atoms with Crippen LogP contribution in [0.4, 0.5) is 0 Å². The number of rotatable bonds is 9. The molecule has 0 aliphatic rings. The number of hydrogen-bond donors (Lipinski definition) is 2. The molecule has 2 heterocycles. The first kappa shape index (κ1) is 21.7. The van der Waals surface area contributed by atoms with E-state index in [4.69, 9.17) is 13.9 Å². The summed E-state index contributed by atoms with van der Waals surface area (Å²) in [5.41, 5.74) is 0.838. The van der Waals surface area contributed by atoms with Crippen LogP contribution < -0.4 is 15.4 Å². The van der Waals surface area contributed by atoms with Gasteiger partial charge in [-0.3, -0.25) is 0 Å². The van der Waals surface area contributed by atoms with Crippen LogP contribution in [-0.2, 0) is 23.2 Å². The maximum absolute atomic E-state index is 5.82. The predicted molar refractivity (Wildman–Crippen MR) is 108 cm³/mol. The van der Waals surface area contributed by atoms with Crippen molar-refractivity contribution in [3.63, 3.8) is 0 Å². The minimum atomic E-state index is -0.0661. The summed E-state index contributed by atoms with van der Waals surface area (Å²) >= 11 is 0. The van der Waals surface area contributed by atoms with E-state index in [1.807, 2.05) is 19.1 Å². The molecule has 2 N–H and O–H groups in total. The number of oxazole rings is 1. The normalized spacial score (nSPS) is 12.1. The van der Waals surface area contributed by atoms with Crippen molar-refractivity contribution in [2.45, 2.75) is 46.2 Å². The van der Waals surface area contributed by atoms with Gasteiger partial charge in [0.2, 0.25) is 11.8 Å². The summed E-state index contributed by atoms with van der Waals surface area (Å²) in [6.45, 7) is 10.9. The molecule has 154 valence electrons. The van der Waals surface area contributed by atoms with Crippen LogP contribution in [-0.4, -0.2) is 42.8 Å². The Labute approximate surface area is 166 Å². The summed E-state index contributed by atoms with van der Waals surface area (Å²) in [5, 5.41) is 6.47. The molecule has 28 heavy (non-hydrogen) atoms. The van der Waals surface area contributed by atoms with Gasteiger partial charge in [-0.1, -0.05) is 26.8 Å². The molecule has 8 heteroatoms. The molecule has 2 rings (SSSR count). The SMILES string of the molecule is CCNC(=NCc1cccnc1OCCOC)NCc1ncc(C(C)(C)C)o1. The first-order valence-electron chi connectivity index (χ1n) is 9.47. The average Bonchev–Trinajstić information content (AvgIpc) is 3.15. The van der Waals surface area contributed by atoms with E-state index in [9.17, 15) is 0 Å². The third kappa shape index (κ3) is 6.84. The highest BCUT2D eigenvalue weighted by Gasteiger charge is 2.19. The molecule has 2 aromatic rings. The van der Waals surface area contributed by atoms with Crippen molar-refractivity contribution >= 4 is 5.96 Å². The van der Waals surface area contributed by atoms with Gasteiger partial charge in [0.05, 0.1) is 25.9 Å². The van der Waals surface area contributed by atoms with Gasteiger partial charge in [-0.15, -0.1) is 0 Å². The number of nitrogens with one attached hydrogen (secondary N) is 2. The zero-order valence-corrected chi connectivity index (χ0v) is 17.4. The Hall–Kier alpha value is -2.61. The molecule has 0 bridgehead atoms. The number of methoxy groups -OCH3 is 1. The van der Waals surface area contributed by atoms with Crippen molar-refractivity contribution in [3.05, 3.63) is 41.7 Å². The van der Waals surface area contributed by atoms with Gasteiger partial charge in [0.25, 0.3) is 0 Å². The van der Waals surface area contributed by atoms with Gasteiger partial charge >= 0.3 is 0 Å². The maximum Gasteiger partial charge on any atom is 0.218 e. The minimum Gasteiger partial charge on any atom is -0.475 e. The Kier molecular flexibility index (Phi) is 8.25. The molecule has 0 aliphatic carbocycles. The molecule has 0 amide bonds. The van der Waals surface area contributed by atoms with Gasteiger partial charge < -0.3 is 24.5 Å². The number of aromatic nitrogens is 2. The zero-order chi connectivity index (χ0) is 20.4. The zero-order valence-electron chi connectivity index (χ0n) is 17.4. The summed E-state index contributed by atoms with van der Waals surface area (Å²) in [5.74, 6) is 2.73. The summed E-state index contributed by atoms with van der Waals surface area (Å²) in [6.07, 6.45) is 3.48. The monoisotopic (exact) mass is 389 g/mol. The van der Waals surface area contributed by atoms with E-state index in [-0.39, 0.29) is 5.41 Å². The molecule has 0 radical (unpaired) electrons. The molecule has 0 fully saturated rings. The molecule has 0 spiro atoms. The average molecular weight is 390 g/mol. The van der Waals surface area contributed by atoms with E-state index in [2.05, 4.69) is 46.4 Å². The fourth-order valence-electron chi connectivity index (χ4n) is 2.30. The summed E-state index contributed by atoms with van der Waals surface area (Å²) in [4.78, 5) is 13.2. The highest BCUT2D eigenvalue weighted by molar-refractivity contribution is 5.79. The number of nitrogens with zero attached hydrogens (tertiary/aromatic N) is 3. The second-order valence-electron chi connectivity index (χ2n) is 7.23. The van der Waals surface area contributed by atoms with E-state index in [1.165, 1.54) is 0 Å². The lowest BCUT2D eigenvalue weighted by atomic mass is 9.94. The van der Waals surface area contributed by atoms with Crippen LogP contribution in [0.3, 0.4) is 0 Å². The summed E-state index contributed by atoms with van der Waals surface area (Å²) < 4.78 is 16.5. The van der Waals surface area contributed by atoms with E-state index in [0.29, 0.717) is 44.0 Å². The molecule has 0 atom stereocenters. The Balaban J connectivity index is 2.00. The highest BCUT2D eigenvalue weighted by Crippen LogP contribution is 2.22. The van der Waals surface area contributed by atoms with Crippen molar-refractivity contribution in [2.24, 2.45) is 4.99 Å². The molecule has 0 unspecified atom stereocenters. The Morgan fingerprint density at radius 3 is 2.71 bits per heavy atom. The number of pyridine rings is 1. The van der Waals surface area contributed by atoms with Gasteiger partial charge in [-0.25, -0.2) is 15.0 Å². The molecule has 0 aliphatic heterocycles. The van der Waals surface area contributed by atoms with Crippen molar-refractivity contribution in [3.8, 4) is 5.88 Å². The minimum absolute atomic E-state index is 0.0661. The molecule has 0 saturated heterocycles. The highest BCUT2D eigenvalue weighted by atomic mass is 16.5. The fourth-order valence-corrected chi connectivity index (χ4v) is 2.30. The lowest BCUT2D eigenvalue weighted by molar-refractivity contribution is 0.143. The van der Waals surface area contributed by atoms with E-state index >= 15 is 0 Å². The molecule has 8 nitrogen and oxygen atoms in total. The van der Waals surface area contributed by atoms with Crippen LogP contribution in [0, 0.1) is 0 Å².